The molecule has 7 aromatic heterocycles. The van der Waals surface area contributed by atoms with E-state index in [1.54, 1.807) is 0 Å². The van der Waals surface area contributed by atoms with E-state index in [1.807, 2.05) is 12.3 Å². The second-order valence-corrected chi connectivity index (χ2v) is 27.1. The molecule has 0 saturated carbocycles. The first-order valence-corrected chi connectivity index (χ1v) is 35.0. The highest BCUT2D eigenvalue weighted by Crippen LogP contribution is 2.44. The Morgan fingerprint density at radius 3 is 0.618 bits per heavy atom. The second kappa shape index (κ2) is 21.9. The molecule has 0 saturated heterocycles. The first-order chi connectivity index (χ1) is 50.6. The Morgan fingerprint density at radius 2 is 0.363 bits per heavy atom. The second-order valence-electron chi connectivity index (χ2n) is 27.1. The smallest absolute Gasteiger partial charge is 0.0702 e. The standard InChI is InChI=1S/C95H59N7/c1-9-28-84-71(19-1)72-20-2-10-29-85(72)99(84)67-44-48-92-79(56-67)80-57-68(100-86-30-11-3-21-73(86)74-22-4-12-31-87(74)100)45-49-93(80)97(92)65-40-36-60(37-41-65)62-53-63(55-64(54-62)83-27-17-18-52-96-83)61-38-42-66(43-39-61)98-94-50-46-69(101-88-32-13-5-23-75(88)76-24-6-14-33-89(76)101)58-81(94)82-59-70(47-51-95(82)98)102-90-34-15-7-25-77(90)78-26-8-16-35-91(78)102/h1-59H. The Morgan fingerprint density at radius 1 is 0.147 bits per heavy atom. The quantitative estimate of drug-likeness (QED) is 0.142. The molecule has 0 aliphatic carbocycles. The fourth-order valence-corrected chi connectivity index (χ4v) is 17.2. The average molecular weight is 1300 g/mol. The van der Waals surface area contributed by atoms with Gasteiger partial charge in [-0.2, -0.15) is 0 Å². The van der Waals surface area contributed by atoms with Crippen LogP contribution in [0.25, 0.3) is 198 Å². The molecule has 0 spiro atoms. The molecule has 7 heterocycles. The van der Waals surface area contributed by atoms with Crippen LogP contribution in [0.15, 0.2) is 358 Å². The molecule has 0 aliphatic heterocycles. The summed E-state index contributed by atoms with van der Waals surface area (Å²) in [6.07, 6.45) is 1.89. The minimum atomic E-state index is 0.922. The fourth-order valence-electron chi connectivity index (χ4n) is 17.2. The molecule has 0 unspecified atom stereocenters. The van der Waals surface area contributed by atoms with Crippen molar-refractivity contribution in [3.63, 3.8) is 0 Å². The molecule has 15 aromatic carbocycles. The van der Waals surface area contributed by atoms with Crippen molar-refractivity contribution in [2.45, 2.75) is 0 Å². The molecule has 7 nitrogen and oxygen atoms in total. The zero-order chi connectivity index (χ0) is 66.7. The lowest BCUT2D eigenvalue weighted by atomic mass is 9.94. The van der Waals surface area contributed by atoms with Gasteiger partial charge in [0.15, 0.2) is 0 Å². The highest BCUT2D eigenvalue weighted by atomic mass is 15.0. The predicted molar refractivity (Wildman–Crippen MR) is 427 cm³/mol. The number of nitrogens with zero attached hydrogens (tertiary/aromatic N) is 7. The Hall–Kier alpha value is -13.8. The molecule has 0 N–H and O–H groups in total. The highest BCUT2D eigenvalue weighted by Gasteiger charge is 2.23. The van der Waals surface area contributed by atoms with E-state index in [0.717, 1.165) is 89.7 Å². The minimum Gasteiger partial charge on any atom is -0.309 e. The van der Waals surface area contributed by atoms with Crippen LogP contribution < -0.4 is 0 Å². The van der Waals surface area contributed by atoms with Crippen LogP contribution >= 0.6 is 0 Å². The van der Waals surface area contributed by atoms with Gasteiger partial charge in [0.05, 0.1) is 71.9 Å². The molecule has 0 aliphatic rings. The largest absolute Gasteiger partial charge is 0.309 e. The molecule has 0 amide bonds. The van der Waals surface area contributed by atoms with Crippen LogP contribution in [-0.4, -0.2) is 32.4 Å². The van der Waals surface area contributed by atoms with E-state index in [9.17, 15) is 0 Å². The van der Waals surface area contributed by atoms with E-state index in [-0.39, 0.29) is 0 Å². The van der Waals surface area contributed by atoms with Gasteiger partial charge in [0.25, 0.3) is 0 Å². The molecular weight excluding hydrogens is 1240 g/mol. The molecular formula is C95H59N7. The Bertz CT molecular complexity index is 6270. The predicted octanol–water partition coefficient (Wildman–Crippen LogP) is 24.7. The van der Waals surface area contributed by atoms with E-state index >= 15 is 0 Å². The molecule has 0 bridgehead atoms. The summed E-state index contributed by atoms with van der Waals surface area (Å²) in [6, 6.07) is 130. The molecule has 0 radical (unpaired) electrons. The number of benzene rings is 15. The van der Waals surface area contributed by atoms with Gasteiger partial charge in [-0.05, 0) is 198 Å². The van der Waals surface area contributed by atoms with E-state index in [0.29, 0.717) is 0 Å². The number of fused-ring (bicyclic) bond motifs is 18. The summed E-state index contributed by atoms with van der Waals surface area (Å²) in [4.78, 5) is 4.93. The van der Waals surface area contributed by atoms with Gasteiger partial charge >= 0.3 is 0 Å². The molecule has 0 atom stereocenters. The Balaban J connectivity index is 0.675. The van der Waals surface area contributed by atoms with Crippen molar-refractivity contribution in [2.24, 2.45) is 0 Å². The van der Waals surface area contributed by atoms with Crippen LogP contribution in [0.2, 0.25) is 0 Å². The molecule has 0 fully saturated rings. The van der Waals surface area contributed by atoms with Crippen LogP contribution in [0.5, 0.6) is 0 Å². The van der Waals surface area contributed by atoms with Crippen LogP contribution in [0.4, 0.5) is 0 Å². The van der Waals surface area contributed by atoms with Crippen molar-refractivity contribution in [2.75, 3.05) is 0 Å². The summed E-state index contributed by atoms with van der Waals surface area (Å²) in [6.45, 7) is 0. The van der Waals surface area contributed by atoms with Crippen molar-refractivity contribution in [1.82, 2.24) is 32.4 Å². The van der Waals surface area contributed by atoms with Crippen LogP contribution in [0.3, 0.4) is 0 Å². The molecule has 22 rings (SSSR count). The van der Waals surface area contributed by atoms with Gasteiger partial charge in [0.1, 0.15) is 0 Å². The van der Waals surface area contributed by atoms with Crippen LogP contribution in [-0.2, 0) is 0 Å². The van der Waals surface area contributed by atoms with Gasteiger partial charge < -0.3 is 27.4 Å². The monoisotopic (exact) mass is 1300 g/mol. The number of hydrogen-bond donors (Lipinski definition) is 0. The Labute approximate surface area is 585 Å². The van der Waals surface area contributed by atoms with Crippen LogP contribution in [0.1, 0.15) is 0 Å². The van der Waals surface area contributed by atoms with Crippen molar-refractivity contribution in [3.05, 3.63) is 358 Å². The zero-order valence-corrected chi connectivity index (χ0v) is 55.2. The third kappa shape index (κ3) is 8.33. The van der Waals surface area contributed by atoms with Gasteiger partial charge in [0.2, 0.25) is 0 Å². The van der Waals surface area contributed by atoms with E-state index in [2.05, 4.69) is 373 Å². The van der Waals surface area contributed by atoms with Gasteiger partial charge in [-0.1, -0.05) is 176 Å². The molecule has 474 valence electrons. The summed E-state index contributed by atoms with van der Waals surface area (Å²) in [5.74, 6) is 0. The van der Waals surface area contributed by atoms with E-state index in [1.165, 1.54) is 109 Å². The molecule has 7 heteroatoms. The van der Waals surface area contributed by atoms with Gasteiger partial charge in [-0.15, -0.1) is 0 Å². The summed E-state index contributed by atoms with van der Waals surface area (Å²) in [5, 5.41) is 14.7. The third-order valence-corrected chi connectivity index (χ3v) is 21.6. The highest BCUT2D eigenvalue weighted by molar-refractivity contribution is 6.17. The number of para-hydroxylation sites is 8. The maximum atomic E-state index is 4.93. The fraction of sp³-hybridized carbons (Fsp3) is 0. The SMILES string of the molecule is c1ccc(-c2cc(-c3ccc(-n4c5ccc(-n6c7ccccc7c7ccccc76)cc5c5cc(-n6c7ccccc7c7ccccc76)ccc54)cc3)cc(-c3ccc(-n4c5ccc(-n6c7ccccc7c7ccccc76)cc5c5cc(-n6c7ccccc7c7ccccc76)ccc54)cc3)c2)nc1. The summed E-state index contributed by atoms with van der Waals surface area (Å²) >= 11 is 0. The molecule has 102 heavy (non-hydrogen) atoms. The van der Waals surface area contributed by atoms with Gasteiger partial charge in [-0.25, -0.2) is 0 Å². The van der Waals surface area contributed by atoms with Crippen molar-refractivity contribution in [3.8, 4) is 67.6 Å². The lowest BCUT2D eigenvalue weighted by molar-refractivity contribution is 1.16. The van der Waals surface area contributed by atoms with Gasteiger partial charge in [0, 0.05) is 111 Å². The lowest BCUT2D eigenvalue weighted by Crippen LogP contribution is -1.97. The van der Waals surface area contributed by atoms with Crippen LogP contribution in [0, 0.1) is 0 Å². The normalized spacial score (nSPS) is 12.1. The first-order valence-electron chi connectivity index (χ1n) is 35.0. The van der Waals surface area contributed by atoms with E-state index in [4.69, 9.17) is 4.98 Å². The summed E-state index contributed by atoms with van der Waals surface area (Å²) in [5.41, 5.74) is 27.1. The third-order valence-electron chi connectivity index (χ3n) is 21.6. The number of aromatic nitrogens is 7. The lowest BCUT2D eigenvalue weighted by Gasteiger charge is -2.14. The van der Waals surface area contributed by atoms with Crippen molar-refractivity contribution >= 4 is 131 Å². The number of rotatable bonds is 9. The van der Waals surface area contributed by atoms with Gasteiger partial charge in [-0.3, -0.25) is 4.98 Å². The summed E-state index contributed by atoms with van der Waals surface area (Å²) < 4.78 is 14.6. The maximum absolute atomic E-state index is 4.93. The molecule has 22 aromatic rings. The number of hydrogen-bond acceptors (Lipinski definition) is 1. The van der Waals surface area contributed by atoms with Crippen molar-refractivity contribution in [1.29, 1.82) is 0 Å². The maximum Gasteiger partial charge on any atom is 0.0702 e. The Kier molecular flexibility index (Phi) is 12.1. The minimum absolute atomic E-state index is 0.922. The zero-order valence-electron chi connectivity index (χ0n) is 55.2. The first kappa shape index (κ1) is 56.3. The van der Waals surface area contributed by atoms with E-state index < -0.39 is 0 Å². The number of pyridine rings is 1. The summed E-state index contributed by atoms with van der Waals surface area (Å²) in [7, 11) is 0. The van der Waals surface area contributed by atoms with Crippen molar-refractivity contribution < 1.29 is 0 Å². The average Bonchev–Trinajstić information content (AvgIpc) is 1.57. The topological polar surface area (TPSA) is 42.5 Å².